The highest BCUT2D eigenvalue weighted by molar-refractivity contribution is 5.97. The lowest BCUT2D eigenvalue weighted by atomic mass is 9.83. The lowest BCUT2D eigenvalue weighted by Gasteiger charge is -2.35. The Morgan fingerprint density at radius 1 is 1.17 bits per heavy atom. The lowest BCUT2D eigenvalue weighted by molar-refractivity contribution is -0.146. The van der Waals surface area contributed by atoms with Gasteiger partial charge < -0.3 is 14.8 Å². The van der Waals surface area contributed by atoms with Gasteiger partial charge in [-0.2, -0.15) is 0 Å². The zero-order valence-electron chi connectivity index (χ0n) is 15.0. The molecule has 1 heterocycles. The summed E-state index contributed by atoms with van der Waals surface area (Å²) in [5.41, 5.74) is 0.0118. The minimum atomic E-state index is -0.676. The molecule has 1 amide bonds. The molecular formula is C19H30N2O3. The molecule has 24 heavy (non-hydrogen) atoms. The van der Waals surface area contributed by atoms with E-state index in [0.29, 0.717) is 24.8 Å². The van der Waals surface area contributed by atoms with Crippen LogP contribution in [0, 0.1) is 0 Å². The molecule has 1 aromatic heterocycles. The number of hydrogen-bond acceptors (Lipinski definition) is 4. The van der Waals surface area contributed by atoms with Crippen molar-refractivity contribution in [2.24, 2.45) is 0 Å². The molecule has 2 rings (SSSR count). The van der Waals surface area contributed by atoms with Crippen LogP contribution in [0.1, 0.15) is 65.2 Å². The number of aromatic nitrogens is 1. The van der Waals surface area contributed by atoms with Gasteiger partial charge in [0.25, 0.3) is 5.91 Å². The molecule has 0 unspecified atom stereocenters. The number of pyridine rings is 1. The number of rotatable bonds is 9. The van der Waals surface area contributed by atoms with Crippen LogP contribution in [0.25, 0.3) is 0 Å². The third-order valence-electron chi connectivity index (χ3n) is 4.40. The van der Waals surface area contributed by atoms with Crippen molar-refractivity contribution in [1.82, 2.24) is 4.98 Å². The molecule has 0 saturated heterocycles. The van der Waals surface area contributed by atoms with E-state index < -0.39 is 5.60 Å². The van der Waals surface area contributed by atoms with Crippen LogP contribution in [0.2, 0.25) is 0 Å². The maximum Gasteiger partial charge on any atom is 0.256 e. The van der Waals surface area contributed by atoms with Gasteiger partial charge in [-0.25, -0.2) is 4.98 Å². The van der Waals surface area contributed by atoms with Gasteiger partial charge >= 0.3 is 0 Å². The van der Waals surface area contributed by atoms with Gasteiger partial charge in [-0.1, -0.05) is 39.5 Å². The van der Waals surface area contributed by atoms with Gasteiger partial charge in [0.15, 0.2) is 0 Å². The number of hydrogen-bond donors (Lipinski definition) is 1. The Kier molecular flexibility index (Phi) is 7.50. The van der Waals surface area contributed by atoms with Crippen LogP contribution in [0.4, 0.5) is 5.69 Å². The molecule has 1 saturated carbocycles. The highest BCUT2D eigenvalue weighted by Gasteiger charge is 2.40. The van der Waals surface area contributed by atoms with Crippen LogP contribution in [-0.4, -0.2) is 29.7 Å². The van der Waals surface area contributed by atoms with Gasteiger partial charge in [0.1, 0.15) is 5.60 Å². The van der Waals surface area contributed by atoms with E-state index in [0.717, 1.165) is 44.9 Å². The van der Waals surface area contributed by atoms with Gasteiger partial charge in [-0.3, -0.25) is 4.79 Å². The average molecular weight is 334 g/mol. The molecule has 134 valence electrons. The highest BCUT2D eigenvalue weighted by Crippen LogP contribution is 2.33. The summed E-state index contributed by atoms with van der Waals surface area (Å²) in [7, 11) is 0. The van der Waals surface area contributed by atoms with Crippen LogP contribution in [0.15, 0.2) is 18.3 Å². The van der Waals surface area contributed by atoms with E-state index in [4.69, 9.17) is 9.47 Å². The fraction of sp³-hybridized carbons (Fsp3) is 0.684. The molecule has 5 heteroatoms. The molecular weight excluding hydrogens is 304 g/mol. The predicted molar refractivity (Wildman–Crippen MR) is 95.3 cm³/mol. The largest absolute Gasteiger partial charge is 0.478 e. The number of carbonyl (C=O) groups excluding carboxylic acids is 1. The fourth-order valence-electron chi connectivity index (χ4n) is 2.96. The number of nitrogens with zero attached hydrogens (tertiary/aromatic N) is 1. The minimum absolute atomic E-state index is 0.0444. The molecule has 0 radical (unpaired) electrons. The number of unbranched alkanes of at least 4 members (excludes halogenated alkanes) is 1. The Morgan fingerprint density at radius 2 is 1.96 bits per heavy atom. The summed E-state index contributed by atoms with van der Waals surface area (Å²) in [5.74, 6) is 0.549. The van der Waals surface area contributed by atoms with Gasteiger partial charge in [0.2, 0.25) is 5.88 Å². The molecule has 0 spiro atoms. The van der Waals surface area contributed by atoms with Crippen molar-refractivity contribution in [1.29, 1.82) is 0 Å². The maximum absolute atomic E-state index is 12.8. The average Bonchev–Trinajstić information content (AvgIpc) is 2.62. The van der Waals surface area contributed by atoms with E-state index in [9.17, 15) is 4.79 Å². The van der Waals surface area contributed by atoms with E-state index in [2.05, 4.69) is 24.1 Å². The first-order valence-corrected chi connectivity index (χ1v) is 9.24. The smallest absolute Gasteiger partial charge is 0.256 e. The number of nitrogens with one attached hydrogen (secondary N) is 1. The second-order valence-electron chi connectivity index (χ2n) is 6.44. The third-order valence-corrected chi connectivity index (χ3v) is 4.40. The zero-order valence-corrected chi connectivity index (χ0v) is 15.0. The molecule has 0 aromatic carbocycles. The second kappa shape index (κ2) is 9.62. The van der Waals surface area contributed by atoms with Gasteiger partial charge in [0, 0.05) is 12.7 Å². The van der Waals surface area contributed by atoms with Crippen LogP contribution in [0.5, 0.6) is 5.88 Å². The molecule has 0 aliphatic heterocycles. The Balaban J connectivity index is 1.95. The second-order valence-corrected chi connectivity index (χ2v) is 6.44. The summed E-state index contributed by atoms with van der Waals surface area (Å²) < 4.78 is 11.5. The monoisotopic (exact) mass is 334 g/mol. The van der Waals surface area contributed by atoms with Crippen LogP contribution >= 0.6 is 0 Å². The lowest BCUT2D eigenvalue weighted by Crippen LogP contribution is -2.47. The Bertz CT molecular complexity index is 496. The van der Waals surface area contributed by atoms with E-state index >= 15 is 0 Å². The molecule has 0 atom stereocenters. The number of amides is 1. The first-order valence-electron chi connectivity index (χ1n) is 9.24. The Morgan fingerprint density at radius 3 is 2.58 bits per heavy atom. The van der Waals surface area contributed by atoms with Crippen molar-refractivity contribution in [3.05, 3.63) is 18.3 Å². The van der Waals surface area contributed by atoms with Crippen molar-refractivity contribution >= 4 is 11.6 Å². The quantitative estimate of drug-likeness (QED) is 0.683. The maximum atomic E-state index is 12.8. The minimum Gasteiger partial charge on any atom is -0.478 e. The van der Waals surface area contributed by atoms with Gasteiger partial charge in [-0.15, -0.1) is 0 Å². The topological polar surface area (TPSA) is 60.5 Å². The van der Waals surface area contributed by atoms with Crippen molar-refractivity contribution in [3.63, 3.8) is 0 Å². The van der Waals surface area contributed by atoms with E-state index in [-0.39, 0.29) is 5.91 Å². The predicted octanol–water partition coefficient (Wildman–Crippen LogP) is 4.33. The zero-order chi connectivity index (χ0) is 17.3. The summed E-state index contributed by atoms with van der Waals surface area (Å²) in [6.07, 6.45) is 9.52. The van der Waals surface area contributed by atoms with Crippen LogP contribution in [0.3, 0.4) is 0 Å². The normalized spacial score (nSPS) is 16.6. The van der Waals surface area contributed by atoms with Crippen LogP contribution in [-0.2, 0) is 9.53 Å². The van der Waals surface area contributed by atoms with Crippen LogP contribution < -0.4 is 10.1 Å². The van der Waals surface area contributed by atoms with Gasteiger partial charge in [0.05, 0.1) is 18.5 Å². The summed E-state index contributed by atoms with van der Waals surface area (Å²) in [5, 5.41) is 2.97. The van der Waals surface area contributed by atoms with Crippen molar-refractivity contribution in [2.45, 2.75) is 70.8 Å². The third kappa shape index (κ3) is 5.20. The number of ether oxygens (including phenoxy) is 2. The summed E-state index contributed by atoms with van der Waals surface area (Å²) in [4.78, 5) is 17.1. The standard InChI is InChI=1S/C19H30N2O3/c1-3-5-14-23-17-10-9-16(15-20-17)21-18(22)19(24-13-4-2)11-7-6-8-12-19/h9-10,15H,3-8,11-14H2,1-2H3,(H,21,22). The molecule has 1 aliphatic rings. The summed E-state index contributed by atoms with van der Waals surface area (Å²) in [6.45, 7) is 5.48. The van der Waals surface area contributed by atoms with E-state index in [1.807, 2.05) is 6.07 Å². The first-order chi connectivity index (χ1) is 11.7. The van der Waals surface area contributed by atoms with Crippen molar-refractivity contribution in [3.8, 4) is 5.88 Å². The van der Waals surface area contributed by atoms with Gasteiger partial charge in [-0.05, 0) is 31.7 Å². The summed E-state index contributed by atoms with van der Waals surface area (Å²) >= 11 is 0. The summed E-state index contributed by atoms with van der Waals surface area (Å²) in [6, 6.07) is 3.63. The molecule has 0 bridgehead atoms. The highest BCUT2D eigenvalue weighted by atomic mass is 16.5. The molecule has 5 nitrogen and oxygen atoms in total. The van der Waals surface area contributed by atoms with Crippen molar-refractivity contribution < 1.29 is 14.3 Å². The van der Waals surface area contributed by atoms with Crippen molar-refractivity contribution in [2.75, 3.05) is 18.5 Å². The Labute approximate surface area is 145 Å². The fourth-order valence-corrected chi connectivity index (χ4v) is 2.96. The Hall–Kier alpha value is -1.62. The molecule has 1 aliphatic carbocycles. The molecule has 1 N–H and O–H groups in total. The number of carbonyl (C=O) groups is 1. The molecule has 1 aromatic rings. The first kappa shape index (κ1) is 18.7. The SMILES string of the molecule is CCCCOc1ccc(NC(=O)C2(OCCC)CCCCC2)cn1. The number of anilines is 1. The van der Waals surface area contributed by atoms with E-state index in [1.165, 1.54) is 6.42 Å². The molecule has 1 fully saturated rings. The van der Waals surface area contributed by atoms with E-state index in [1.54, 1.807) is 12.3 Å².